The summed E-state index contributed by atoms with van der Waals surface area (Å²) in [4.78, 5) is 17.3. The molecule has 174 valence electrons. The number of anilines is 1. The Kier molecular flexibility index (Phi) is 8.28. The molecule has 1 heterocycles. The lowest BCUT2D eigenvalue weighted by atomic mass is 10.0. The first-order valence-corrected chi connectivity index (χ1v) is 12.9. The lowest BCUT2D eigenvalue weighted by molar-refractivity contribution is -0.119. The Morgan fingerprint density at radius 3 is 2.47 bits per heavy atom. The molecule has 7 nitrogen and oxygen atoms in total. The number of benzene rings is 2. The molecule has 1 atom stereocenters. The number of piperazine rings is 1. The number of carbonyl (C=O) groups is 1. The van der Waals surface area contributed by atoms with Gasteiger partial charge < -0.3 is 10.2 Å². The lowest BCUT2D eigenvalue weighted by Crippen LogP contribution is -2.47. The second kappa shape index (κ2) is 10.9. The van der Waals surface area contributed by atoms with Gasteiger partial charge in [-0.05, 0) is 37.6 Å². The predicted octanol–water partition coefficient (Wildman–Crippen LogP) is 2.26. The summed E-state index contributed by atoms with van der Waals surface area (Å²) in [5, 5.41) is 2.90. The summed E-state index contributed by atoms with van der Waals surface area (Å²) < 4.78 is 25.7. The van der Waals surface area contributed by atoms with Crippen molar-refractivity contribution in [3.63, 3.8) is 0 Å². The molecule has 2 aromatic rings. The van der Waals surface area contributed by atoms with E-state index in [0.29, 0.717) is 18.3 Å². The summed E-state index contributed by atoms with van der Waals surface area (Å²) in [5.41, 5.74) is 2.66. The molecule has 0 aliphatic carbocycles. The van der Waals surface area contributed by atoms with E-state index >= 15 is 0 Å². The average molecular weight is 459 g/mol. The molecule has 0 spiro atoms. The second-order valence-corrected chi connectivity index (χ2v) is 10.4. The third kappa shape index (κ3) is 6.54. The third-order valence-electron chi connectivity index (χ3n) is 5.89. The number of hydrogen-bond donors (Lipinski definition) is 1. The number of amides is 1. The minimum Gasteiger partial charge on any atom is -0.354 e. The van der Waals surface area contributed by atoms with Crippen molar-refractivity contribution in [2.45, 2.75) is 19.4 Å². The minimum atomic E-state index is -3.57. The summed E-state index contributed by atoms with van der Waals surface area (Å²) in [6, 6.07) is 18.0. The number of aryl methyl sites for hydroxylation is 1. The van der Waals surface area contributed by atoms with Crippen LogP contribution in [0.1, 0.15) is 23.6 Å². The monoisotopic (exact) mass is 458 g/mol. The molecular formula is C24H34N4O3S. The molecule has 0 aromatic heterocycles. The van der Waals surface area contributed by atoms with Crippen LogP contribution >= 0.6 is 0 Å². The van der Waals surface area contributed by atoms with Gasteiger partial charge in [-0.25, -0.2) is 8.42 Å². The Balaban J connectivity index is 1.53. The van der Waals surface area contributed by atoms with Gasteiger partial charge in [0.05, 0.1) is 11.9 Å². The molecule has 1 fully saturated rings. The number of nitrogens with zero attached hydrogens (tertiary/aromatic N) is 3. The highest BCUT2D eigenvalue weighted by Gasteiger charge is 2.26. The fourth-order valence-electron chi connectivity index (χ4n) is 4.14. The highest BCUT2D eigenvalue weighted by molar-refractivity contribution is 7.92. The van der Waals surface area contributed by atoms with E-state index in [1.54, 1.807) is 12.1 Å². The van der Waals surface area contributed by atoms with Gasteiger partial charge >= 0.3 is 0 Å². The van der Waals surface area contributed by atoms with Gasteiger partial charge in [0.1, 0.15) is 6.54 Å². The van der Waals surface area contributed by atoms with Crippen LogP contribution in [0, 0.1) is 6.92 Å². The number of hydrogen-bond acceptors (Lipinski definition) is 5. The number of likely N-dealkylation sites (N-methyl/N-ethyl adjacent to an activating group) is 1. The maximum absolute atomic E-state index is 12.5. The smallest absolute Gasteiger partial charge is 0.240 e. The standard InChI is InChI=1S/C24H34N4O3S/c1-20-10-7-8-13-22(20)28(32(3,30)31)19-24(29)25-14-9-15-27-17-16-26(2)18-23(27)21-11-5-4-6-12-21/h4-8,10-13,23H,9,14-19H2,1-3H3,(H,25,29). The Hall–Kier alpha value is -2.42. The van der Waals surface area contributed by atoms with Crippen molar-refractivity contribution >= 4 is 21.6 Å². The molecule has 1 unspecified atom stereocenters. The largest absolute Gasteiger partial charge is 0.354 e. The number of sulfonamides is 1. The van der Waals surface area contributed by atoms with Crippen molar-refractivity contribution in [3.05, 3.63) is 65.7 Å². The summed E-state index contributed by atoms with van der Waals surface area (Å²) in [5.74, 6) is -0.295. The first-order chi connectivity index (χ1) is 15.3. The fraction of sp³-hybridized carbons (Fsp3) is 0.458. The van der Waals surface area contributed by atoms with Gasteiger partial charge in [0, 0.05) is 38.8 Å². The highest BCUT2D eigenvalue weighted by Crippen LogP contribution is 2.25. The van der Waals surface area contributed by atoms with Crippen LogP contribution in [0.2, 0.25) is 0 Å². The van der Waals surface area contributed by atoms with E-state index in [1.165, 1.54) is 9.87 Å². The molecule has 3 rings (SSSR count). The van der Waals surface area contributed by atoms with E-state index in [2.05, 4.69) is 46.4 Å². The van der Waals surface area contributed by atoms with Gasteiger partial charge in [0.15, 0.2) is 0 Å². The normalized spacial score (nSPS) is 17.8. The Morgan fingerprint density at radius 1 is 1.09 bits per heavy atom. The van der Waals surface area contributed by atoms with E-state index < -0.39 is 10.0 Å². The number of carbonyl (C=O) groups excluding carboxylic acids is 1. The Morgan fingerprint density at radius 2 is 1.78 bits per heavy atom. The molecule has 8 heteroatoms. The first-order valence-electron chi connectivity index (χ1n) is 11.0. The lowest BCUT2D eigenvalue weighted by Gasteiger charge is -2.40. The zero-order chi connectivity index (χ0) is 23.1. The van der Waals surface area contributed by atoms with Crippen LogP contribution in [0.4, 0.5) is 5.69 Å². The SMILES string of the molecule is Cc1ccccc1N(CC(=O)NCCCN1CCN(C)CC1c1ccccc1)S(C)(=O)=O. The molecule has 1 saturated heterocycles. The van der Waals surface area contributed by atoms with Gasteiger partial charge in [-0.1, -0.05) is 48.5 Å². The average Bonchev–Trinajstić information content (AvgIpc) is 2.76. The van der Waals surface area contributed by atoms with Gasteiger partial charge in [-0.3, -0.25) is 14.0 Å². The molecule has 2 aromatic carbocycles. The van der Waals surface area contributed by atoms with Gasteiger partial charge in [-0.2, -0.15) is 0 Å². The summed E-state index contributed by atoms with van der Waals surface area (Å²) in [6.45, 7) is 6.00. The third-order valence-corrected chi connectivity index (χ3v) is 7.02. The highest BCUT2D eigenvalue weighted by atomic mass is 32.2. The van der Waals surface area contributed by atoms with E-state index in [9.17, 15) is 13.2 Å². The van der Waals surface area contributed by atoms with Gasteiger partial charge in [0.25, 0.3) is 0 Å². The molecule has 0 radical (unpaired) electrons. The maximum Gasteiger partial charge on any atom is 0.240 e. The van der Waals surface area contributed by atoms with Gasteiger partial charge in [0.2, 0.25) is 15.9 Å². The van der Waals surface area contributed by atoms with Crippen LogP contribution in [-0.4, -0.2) is 76.7 Å². The predicted molar refractivity (Wildman–Crippen MR) is 129 cm³/mol. The fourth-order valence-corrected chi connectivity index (χ4v) is 5.05. The molecule has 0 saturated carbocycles. The van der Waals surface area contributed by atoms with Crippen molar-refractivity contribution in [1.29, 1.82) is 0 Å². The van der Waals surface area contributed by atoms with Crippen molar-refractivity contribution in [3.8, 4) is 0 Å². The van der Waals surface area contributed by atoms with Crippen molar-refractivity contribution in [2.24, 2.45) is 0 Å². The summed E-state index contributed by atoms with van der Waals surface area (Å²) >= 11 is 0. The Bertz CT molecular complexity index is 997. The topological polar surface area (TPSA) is 73.0 Å². The van der Waals surface area contributed by atoms with E-state index in [0.717, 1.165) is 44.4 Å². The molecule has 1 amide bonds. The zero-order valence-corrected chi connectivity index (χ0v) is 20.0. The van der Waals surface area contributed by atoms with Crippen LogP contribution in [0.3, 0.4) is 0 Å². The summed E-state index contributed by atoms with van der Waals surface area (Å²) in [6.07, 6.45) is 1.94. The summed E-state index contributed by atoms with van der Waals surface area (Å²) in [7, 11) is -1.42. The van der Waals surface area contributed by atoms with E-state index in [1.807, 2.05) is 25.1 Å². The second-order valence-electron chi connectivity index (χ2n) is 8.48. The minimum absolute atomic E-state index is 0.217. The molecule has 32 heavy (non-hydrogen) atoms. The van der Waals surface area contributed by atoms with Crippen molar-refractivity contribution in [2.75, 3.05) is 56.9 Å². The maximum atomic E-state index is 12.5. The zero-order valence-electron chi connectivity index (χ0n) is 19.2. The van der Waals surface area contributed by atoms with Gasteiger partial charge in [-0.15, -0.1) is 0 Å². The van der Waals surface area contributed by atoms with E-state index in [4.69, 9.17) is 0 Å². The molecule has 1 aliphatic heterocycles. The van der Waals surface area contributed by atoms with Crippen LogP contribution < -0.4 is 9.62 Å². The molecule has 1 aliphatic rings. The number of rotatable bonds is 9. The van der Waals surface area contributed by atoms with Crippen LogP contribution in [-0.2, 0) is 14.8 Å². The van der Waals surface area contributed by atoms with Crippen LogP contribution in [0.15, 0.2) is 54.6 Å². The molecular weight excluding hydrogens is 424 g/mol. The van der Waals surface area contributed by atoms with Crippen molar-refractivity contribution in [1.82, 2.24) is 15.1 Å². The van der Waals surface area contributed by atoms with Crippen LogP contribution in [0.5, 0.6) is 0 Å². The van der Waals surface area contributed by atoms with E-state index in [-0.39, 0.29) is 12.5 Å². The first kappa shape index (κ1) is 24.2. The number of nitrogens with one attached hydrogen (secondary N) is 1. The Labute approximate surface area is 192 Å². The molecule has 1 N–H and O–H groups in total. The number of para-hydroxylation sites is 1. The molecule has 0 bridgehead atoms. The van der Waals surface area contributed by atoms with Crippen molar-refractivity contribution < 1.29 is 13.2 Å². The quantitative estimate of drug-likeness (QED) is 0.584. The van der Waals surface area contributed by atoms with Crippen LogP contribution in [0.25, 0.3) is 0 Å².